The third-order valence-electron chi connectivity index (χ3n) is 5.27. The fourth-order valence-corrected chi connectivity index (χ4v) is 3.80. The van der Waals surface area contributed by atoms with E-state index >= 15 is 0 Å². The number of carbonyl (C=O) groups is 1. The minimum absolute atomic E-state index is 0.00138. The Morgan fingerprint density at radius 1 is 1.22 bits per heavy atom. The lowest BCUT2D eigenvalue weighted by atomic mass is 9.97. The fourth-order valence-electron chi connectivity index (χ4n) is 3.80. The summed E-state index contributed by atoms with van der Waals surface area (Å²) in [5.74, 6) is 0.999. The molecule has 0 spiro atoms. The van der Waals surface area contributed by atoms with Gasteiger partial charge in [-0.3, -0.25) is 4.79 Å². The molecule has 4 rings (SSSR count). The van der Waals surface area contributed by atoms with Crippen LogP contribution in [-0.4, -0.2) is 29.0 Å². The Hall–Kier alpha value is -2.82. The topological polar surface area (TPSA) is 61.0 Å². The number of aromatic nitrogens is 2. The number of hydrogen-bond acceptors (Lipinski definition) is 3. The second kappa shape index (κ2) is 7.43. The molecule has 0 radical (unpaired) electrons. The first-order valence-electron chi connectivity index (χ1n) is 9.63. The SMILES string of the molecule is Cc1cccc(CNC(=O)[C@H]2CCCN(c3nc4ccc(C)cc4[nH]3)C2)c1. The van der Waals surface area contributed by atoms with E-state index in [2.05, 4.69) is 59.4 Å². The van der Waals surface area contributed by atoms with Crippen LogP contribution in [0, 0.1) is 19.8 Å². The summed E-state index contributed by atoms with van der Waals surface area (Å²) in [6.45, 7) is 6.37. The van der Waals surface area contributed by atoms with Gasteiger partial charge in [0.05, 0.1) is 17.0 Å². The van der Waals surface area contributed by atoms with Gasteiger partial charge in [-0.15, -0.1) is 0 Å². The van der Waals surface area contributed by atoms with Crippen LogP contribution in [0.25, 0.3) is 11.0 Å². The number of hydrogen-bond donors (Lipinski definition) is 2. The summed E-state index contributed by atoms with van der Waals surface area (Å²) < 4.78 is 0. The number of anilines is 1. The molecule has 1 aromatic heterocycles. The van der Waals surface area contributed by atoms with E-state index in [0.29, 0.717) is 13.1 Å². The maximum absolute atomic E-state index is 12.7. The minimum atomic E-state index is -0.00138. The van der Waals surface area contributed by atoms with E-state index in [-0.39, 0.29) is 11.8 Å². The van der Waals surface area contributed by atoms with Crippen molar-refractivity contribution in [3.8, 4) is 0 Å². The Labute approximate surface area is 159 Å². The molecule has 2 N–H and O–H groups in total. The zero-order valence-corrected chi connectivity index (χ0v) is 16.0. The van der Waals surface area contributed by atoms with Crippen molar-refractivity contribution in [1.82, 2.24) is 15.3 Å². The van der Waals surface area contributed by atoms with Gasteiger partial charge in [0, 0.05) is 19.6 Å². The molecule has 2 aromatic carbocycles. The number of imidazole rings is 1. The minimum Gasteiger partial charge on any atom is -0.352 e. The highest BCUT2D eigenvalue weighted by molar-refractivity contribution is 5.80. The smallest absolute Gasteiger partial charge is 0.225 e. The number of benzene rings is 2. The molecule has 0 bridgehead atoms. The first kappa shape index (κ1) is 17.6. The van der Waals surface area contributed by atoms with Crippen LogP contribution >= 0.6 is 0 Å². The van der Waals surface area contributed by atoms with Crippen molar-refractivity contribution in [2.24, 2.45) is 5.92 Å². The highest BCUT2D eigenvalue weighted by atomic mass is 16.1. The van der Waals surface area contributed by atoms with E-state index in [1.807, 2.05) is 12.1 Å². The molecule has 1 atom stereocenters. The maximum Gasteiger partial charge on any atom is 0.225 e. The fraction of sp³-hybridized carbons (Fsp3) is 0.364. The third kappa shape index (κ3) is 3.97. The maximum atomic E-state index is 12.7. The molecule has 0 saturated carbocycles. The zero-order valence-electron chi connectivity index (χ0n) is 16.0. The van der Waals surface area contributed by atoms with Crippen LogP contribution in [0.2, 0.25) is 0 Å². The summed E-state index contributed by atoms with van der Waals surface area (Å²) >= 11 is 0. The summed E-state index contributed by atoms with van der Waals surface area (Å²) in [4.78, 5) is 23.0. The number of nitrogens with one attached hydrogen (secondary N) is 2. The highest BCUT2D eigenvalue weighted by Gasteiger charge is 2.27. The van der Waals surface area contributed by atoms with E-state index in [4.69, 9.17) is 4.98 Å². The molecule has 0 aliphatic carbocycles. The Morgan fingerprint density at radius 3 is 2.93 bits per heavy atom. The summed E-state index contributed by atoms with van der Waals surface area (Å²) in [5.41, 5.74) is 5.59. The monoisotopic (exact) mass is 362 g/mol. The van der Waals surface area contributed by atoms with E-state index in [0.717, 1.165) is 41.9 Å². The first-order valence-corrected chi connectivity index (χ1v) is 9.63. The van der Waals surface area contributed by atoms with Crippen LogP contribution in [0.4, 0.5) is 5.95 Å². The lowest BCUT2D eigenvalue weighted by molar-refractivity contribution is -0.125. The number of fused-ring (bicyclic) bond motifs is 1. The molecule has 0 unspecified atom stereocenters. The van der Waals surface area contributed by atoms with Crippen LogP contribution in [0.15, 0.2) is 42.5 Å². The second-order valence-corrected chi connectivity index (χ2v) is 7.57. The van der Waals surface area contributed by atoms with Crippen molar-refractivity contribution < 1.29 is 4.79 Å². The van der Waals surface area contributed by atoms with Crippen molar-refractivity contribution >= 4 is 22.9 Å². The number of amides is 1. The van der Waals surface area contributed by atoms with Gasteiger partial charge in [-0.25, -0.2) is 4.98 Å². The molecule has 1 aliphatic rings. The molecule has 5 heteroatoms. The lowest BCUT2D eigenvalue weighted by Gasteiger charge is -2.31. The van der Waals surface area contributed by atoms with Crippen molar-refractivity contribution in [3.63, 3.8) is 0 Å². The summed E-state index contributed by atoms with van der Waals surface area (Å²) in [7, 11) is 0. The van der Waals surface area contributed by atoms with Gasteiger partial charge in [0.25, 0.3) is 0 Å². The number of piperidine rings is 1. The summed E-state index contributed by atoms with van der Waals surface area (Å²) in [5, 5.41) is 3.11. The predicted molar refractivity (Wildman–Crippen MR) is 109 cm³/mol. The molecular formula is C22H26N4O. The normalized spacial score (nSPS) is 17.3. The van der Waals surface area contributed by atoms with E-state index in [1.54, 1.807) is 0 Å². The quantitative estimate of drug-likeness (QED) is 0.744. The molecule has 2 heterocycles. The van der Waals surface area contributed by atoms with Gasteiger partial charge in [0.1, 0.15) is 0 Å². The standard InChI is InChI=1S/C22H26N4O/c1-15-5-3-6-17(11-15)13-23-21(27)18-7-4-10-26(14-18)22-24-19-9-8-16(2)12-20(19)25-22/h3,5-6,8-9,11-12,18H,4,7,10,13-14H2,1-2H3,(H,23,27)(H,24,25)/t18-/m0/s1. The largest absolute Gasteiger partial charge is 0.352 e. The molecule has 1 aliphatic heterocycles. The van der Waals surface area contributed by atoms with Crippen molar-refractivity contribution in [2.45, 2.75) is 33.2 Å². The third-order valence-corrected chi connectivity index (χ3v) is 5.27. The van der Waals surface area contributed by atoms with Crippen LogP contribution < -0.4 is 10.2 Å². The molecule has 140 valence electrons. The van der Waals surface area contributed by atoms with Gasteiger partial charge < -0.3 is 15.2 Å². The highest BCUT2D eigenvalue weighted by Crippen LogP contribution is 2.24. The van der Waals surface area contributed by atoms with Crippen LogP contribution in [0.1, 0.15) is 29.5 Å². The second-order valence-electron chi connectivity index (χ2n) is 7.57. The Morgan fingerprint density at radius 2 is 2.07 bits per heavy atom. The van der Waals surface area contributed by atoms with Crippen molar-refractivity contribution in [3.05, 3.63) is 59.2 Å². The van der Waals surface area contributed by atoms with Gasteiger partial charge in [0.15, 0.2) is 0 Å². The first-order chi connectivity index (χ1) is 13.1. The summed E-state index contributed by atoms with van der Waals surface area (Å²) in [6, 6.07) is 14.5. The number of aryl methyl sites for hydroxylation is 2. The van der Waals surface area contributed by atoms with Crippen LogP contribution in [-0.2, 0) is 11.3 Å². The summed E-state index contributed by atoms with van der Waals surface area (Å²) in [6.07, 6.45) is 1.92. The molecule has 1 amide bonds. The molecular weight excluding hydrogens is 336 g/mol. The predicted octanol–water partition coefficient (Wildman–Crippen LogP) is 3.71. The Balaban J connectivity index is 1.41. The molecule has 3 aromatic rings. The number of aromatic amines is 1. The van der Waals surface area contributed by atoms with E-state index < -0.39 is 0 Å². The van der Waals surface area contributed by atoms with Crippen molar-refractivity contribution in [1.29, 1.82) is 0 Å². The van der Waals surface area contributed by atoms with E-state index in [9.17, 15) is 4.79 Å². The van der Waals surface area contributed by atoms with Gasteiger partial charge in [0.2, 0.25) is 11.9 Å². The van der Waals surface area contributed by atoms with Gasteiger partial charge in [-0.1, -0.05) is 35.9 Å². The van der Waals surface area contributed by atoms with Gasteiger partial charge in [-0.05, 0) is 49.9 Å². The van der Waals surface area contributed by atoms with Crippen LogP contribution in [0.3, 0.4) is 0 Å². The molecule has 27 heavy (non-hydrogen) atoms. The number of carbonyl (C=O) groups excluding carboxylic acids is 1. The van der Waals surface area contributed by atoms with Gasteiger partial charge >= 0.3 is 0 Å². The average molecular weight is 362 g/mol. The van der Waals surface area contributed by atoms with Gasteiger partial charge in [-0.2, -0.15) is 0 Å². The number of rotatable bonds is 4. The number of H-pyrrole nitrogens is 1. The zero-order chi connectivity index (χ0) is 18.8. The molecule has 1 fully saturated rings. The van der Waals surface area contributed by atoms with E-state index in [1.165, 1.54) is 11.1 Å². The molecule has 5 nitrogen and oxygen atoms in total. The number of nitrogens with zero attached hydrogens (tertiary/aromatic N) is 2. The van der Waals surface area contributed by atoms with Crippen molar-refractivity contribution in [2.75, 3.05) is 18.0 Å². The Bertz CT molecular complexity index is 962. The molecule has 1 saturated heterocycles. The average Bonchev–Trinajstić information content (AvgIpc) is 3.09. The lowest BCUT2D eigenvalue weighted by Crippen LogP contribution is -2.43. The van der Waals surface area contributed by atoms with Crippen LogP contribution in [0.5, 0.6) is 0 Å². The Kier molecular flexibility index (Phi) is 4.84.